The van der Waals surface area contributed by atoms with Gasteiger partial charge in [-0.2, -0.15) is 10.2 Å². The Kier molecular flexibility index (Phi) is 5.00. The molecular weight excluding hydrogens is 334 g/mol. The van der Waals surface area contributed by atoms with Crippen molar-refractivity contribution in [1.29, 1.82) is 0 Å². The average molecular weight is 353 g/mol. The fourth-order valence-electron chi connectivity index (χ4n) is 2.77. The van der Waals surface area contributed by atoms with Gasteiger partial charge in [-0.15, -0.1) is 0 Å². The van der Waals surface area contributed by atoms with Crippen LogP contribution in [0.3, 0.4) is 0 Å². The molecule has 0 aliphatic heterocycles. The van der Waals surface area contributed by atoms with Crippen molar-refractivity contribution in [3.8, 4) is 11.1 Å². The molecule has 0 aliphatic carbocycles. The Morgan fingerprint density at radius 2 is 2.08 bits per heavy atom. The molecule has 0 spiro atoms. The first-order chi connectivity index (χ1) is 12.6. The molecule has 1 unspecified atom stereocenters. The minimum absolute atomic E-state index is 0.218. The molecule has 0 fully saturated rings. The van der Waals surface area contributed by atoms with Crippen molar-refractivity contribution in [2.45, 2.75) is 27.0 Å². The number of ether oxygens (including phenoxy) is 2. The van der Waals surface area contributed by atoms with Crippen molar-refractivity contribution in [3.05, 3.63) is 47.8 Å². The van der Waals surface area contributed by atoms with Crippen molar-refractivity contribution < 1.29 is 14.3 Å². The summed E-state index contributed by atoms with van der Waals surface area (Å²) >= 11 is 0. The van der Waals surface area contributed by atoms with Crippen molar-refractivity contribution in [2.75, 3.05) is 13.2 Å². The number of rotatable bonds is 6. The summed E-state index contributed by atoms with van der Waals surface area (Å²) in [7, 11) is 0. The number of carbonyl (C=O) groups excluding carboxylic acids is 1. The van der Waals surface area contributed by atoms with Crippen LogP contribution in [0.2, 0.25) is 0 Å². The number of fused-ring (bicyclic) bond motifs is 1. The van der Waals surface area contributed by atoms with Gasteiger partial charge in [0.2, 0.25) is 5.69 Å². The smallest absolute Gasteiger partial charge is 0.356 e. The van der Waals surface area contributed by atoms with Crippen LogP contribution < -0.4 is 0 Å². The molecule has 0 bridgehead atoms. The van der Waals surface area contributed by atoms with Crippen LogP contribution in [0.25, 0.3) is 21.5 Å². The Morgan fingerprint density at radius 3 is 2.77 bits per heavy atom. The van der Waals surface area contributed by atoms with E-state index in [1.807, 2.05) is 20.0 Å². The fourth-order valence-corrected chi connectivity index (χ4v) is 2.77. The van der Waals surface area contributed by atoms with Crippen LogP contribution >= 0.6 is 0 Å². The lowest BCUT2D eigenvalue weighted by atomic mass is 10.1. The SMILES string of the molecule is [C-]#[N+]c1cnn2c(C(=O)OCC)ccc2c1-c1cnn(C(C)OCC)c1. The highest BCUT2D eigenvalue weighted by atomic mass is 16.5. The molecule has 134 valence electrons. The maximum atomic E-state index is 12.1. The van der Waals surface area contributed by atoms with Crippen molar-refractivity contribution in [2.24, 2.45) is 0 Å². The van der Waals surface area contributed by atoms with Gasteiger partial charge in [0.15, 0.2) is 5.69 Å². The summed E-state index contributed by atoms with van der Waals surface area (Å²) in [4.78, 5) is 15.7. The monoisotopic (exact) mass is 353 g/mol. The number of esters is 1. The number of hydrogen-bond acceptors (Lipinski definition) is 5. The molecule has 0 aliphatic rings. The number of carbonyl (C=O) groups is 1. The Balaban J connectivity index is 2.13. The minimum Gasteiger partial charge on any atom is -0.461 e. The van der Waals surface area contributed by atoms with Crippen LogP contribution in [0, 0.1) is 6.57 Å². The molecule has 0 aromatic carbocycles. The van der Waals surface area contributed by atoms with Gasteiger partial charge >= 0.3 is 5.97 Å². The zero-order valence-corrected chi connectivity index (χ0v) is 14.8. The van der Waals surface area contributed by atoms with Gasteiger partial charge in [0, 0.05) is 23.9 Å². The third-order valence-electron chi connectivity index (χ3n) is 3.94. The van der Waals surface area contributed by atoms with Crippen LogP contribution in [-0.2, 0) is 9.47 Å². The summed E-state index contributed by atoms with van der Waals surface area (Å²) < 4.78 is 13.8. The second kappa shape index (κ2) is 7.37. The number of aromatic nitrogens is 4. The van der Waals surface area contributed by atoms with E-state index in [4.69, 9.17) is 16.0 Å². The van der Waals surface area contributed by atoms with Crippen molar-refractivity contribution >= 4 is 17.2 Å². The molecule has 3 aromatic heterocycles. The van der Waals surface area contributed by atoms with Gasteiger partial charge in [0.25, 0.3) is 0 Å². The predicted octanol–water partition coefficient (Wildman–Crippen LogP) is 3.48. The van der Waals surface area contributed by atoms with E-state index in [2.05, 4.69) is 15.0 Å². The molecular formula is C18H19N5O3. The standard InChI is InChI=1S/C18H19N5O3/c1-5-25-12(3)22-11-13(9-20-22)17-14(19-4)10-21-23-15(17)7-8-16(23)18(24)26-6-2/h7-12H,5-6H2,1-3H3. The summed E-state index contributed by atoms with van der Waals surface area (Å²) in [5.41, 5.74) is 2.76. The largest absolute Gasteiger partial charge is 0.461 e. The molecule has 1 atom stereocenters. The maximum absolute atomic E-state index is 12.1. The fraction of sp³-hybridized carbons (Fsp3) is 0.333. The van der Waals surface area contributed by atoms with E-state index in [0.29, 0.717) is 29.1 Å². The van der Waals surface area contributed by atoms with E-state index >= 15 is 0 Å². The molecule has 3 rings (SSSR count). The molecule has 0 N–H and O–H groups in total. The zero-order chi connectivity index (χ0) is 18.7. The molecule has 0 radical (unpaired) electrons. The summed E-state index contributed by atoms with van der Waals surface area (Å²) in [5, 5.41) is 8.56. The predicted molar refractivity (Wildman–Crippen MR) is 95.0 cm³/mol. The Hall–Kier alpha value is -3.18. The van der Waals surface area contributed by atoms with E-state index < -0.39 is 5.97 Å². The second-order valence-corrected chi connectivity index (χ2v) is 5.52. The third kappa shape index (κ3) is 3.05. The lowest BCUT2D eigenvalue weighted by molar-refractivity contribution is 0.0160. The summed E-state index contributed by atoms with van der Waals surface area (Å²) in [6, 6.07) is 3.40. The van der Waals surface area contributed by atoms with Gasteiger partial charge in [0.05, 0.1) is 31.1 Å². The van der Waals surface area contributed by atoms with E-state index in [1.165, 1.54) is 10.7 Å². The summed E-state index contributed by atoms with van der Waals surface area (Å²) in [6.45, 7) is 13.9. The first kappa shape index (κ1) is 17.6. The molecule has 0 amide bonds. The van der Waals surface area contributed by atoms with Gasteiger partial charge in [-0.05, 0) is 32.9 Å². The van der Waals surface area contributed by atoms with Crippen LogP contribution in [0.5, 0.6) is 0 Å². The zero-order valence-electron chi connectivity index (χ0n) is 14.8. The molecule has 3 heterocycles. The Bertz CT molecular complexity index is 983. The first-order valence-electron chi connectivity index (χ1n) is 8.32. The molecule has 26 heavy (non-hydrogen) atoms. The highest BCUT2D eigenvalue weighted by molar-refractivity contribution is 5.95. The molecule has 8 heteroatoms. The minimum atomic E-state index is -0.456. The summed E-state index contributed by atoms with van der Waals surface area (Å²) in [6.07, 6.45) is 4.73. The van der Waals surface area contributed by atoms with Gasteiger partial charge in [-0.1, -0.05) is 0 Å². The molecule has 0 saturated heterocycles. The highest BCUT2D eigenvalue weighted by Gasteiger charge is 2.19. The van der Waals surface area contributed by atoms with E-state index in [-0.39, 0.29) is 12.8 Å². The van der Waals surface area contributed by atoms with Crippen LogP contribution in [-0.4, -0.2) is 38.6 Å². The lowest BCUT2D eigenvalue weighted by Crippen LogP contribution is -2.09. The molecule has 3 aromatic rings. The van der Waals surface area contributed by atoms with Gasteiger partial charge in [-0.3, -0.25) is 0 Å². The van der Waals surface area contributed by atoms with Crippen LogP contribution in [0.4, 0.5) is 5.69 Å². The second-order valence-electron chi connectivity index (χ2n) is 5.52. The Morgan fingerprint density at radius 1 is 1.27 bits per heavy atom. The van der Waals surface area contributed by atoms with Gasteiger partial charge in [0.1, 0.15) is 6.23 Å². The van der Waals surface area contributed by atoms with Crippen LogP contribution in [0.1, 0.15) is 37.5 Å². The quantitative estimate of drug-likeness (QED) is 0.501. The maximum Gasteiger partial charge on any atom is 0.356 e. The van der Waals surface area contributed by atoms with E-state index in [1.54, 1.807) is 29.9 Å². The summed E-state index contributed by atoms with van der Waals surface area (Å²) in [5.74, 6) is -0.456. The highest BCUT2D eigenvalue weighted by Crippen LogP contribution is 2.34. The van der Waals surface area contributed by atoms with Gasteiger partial charge < -0.3 is 9.47 Å². The van der Waals surface area contributed by atoms with Crippen molar-refractivity contribution in [3.63, 3.8) is 0 Å². The van der Waals surface area contributed by atoms with Gasteiger partial charge in [-0.25, -0.2) is 18.8 Å². The normalized spacial score (nSPS) is 12.1. The third-order valence-corrected chi connectivity index (χ3v) is 3.94. The van der Waals surface area contributed by atoms with Crippen molar-refractivity contribution in [1.82, 2.24) is 19.4 Å². The van der Waals surface area contributed by atoms with E-state index in [0.717, 1.165) is 5.56 Å². The average Bonchev–Trinajstić information content (AvgIpc) is 3.28. The molecule has 0 saturated carbocycles. The molecule has 8 nitrogen and oxygen atoms in total. The lowest BCUT2D eigenvalue weighted by Gasteiger charge is -2.11. The topological polar surface area (TPSA) is 75.0 Å². The van der Waals surface area contributed by atoms with E-state index in [9.17, 15) is 4.79 Å². The first-order valence-corrected chi connectivity index (χ1v) is 8.32. The Labute approximate surface area is 150 Å². The number of nitrogens with zero attached hydrogens (tertiary/aromatic N) is 5. The van der Waals surface area contributed by atoms with Crippen LogP contribution in [0.15, 0.2) is 30.7 Å². The number of hydrogen-bond donors (Lipinski definition) is 0.